The molecule has 0 heterocycles. The maximum atomic E-state index is 12.4. The van der Waals surface area contributed by atoms with Gasteiger partial charge in [0.25, 0.3) is 0 Å². The third-order valence-corrected chi connectivity index (χ3v) is 8.42. The van der Waals surface area contributed by atoms with E-state index in [9.17, 15) is 19.8 Å². The van der Waals surface area contributed by atoms with E-state index in [1.54, 1.807) is 0 Å². The number of hydrogen-bond donors (Lipinski definition) is 2. The van der Waals surface area contributed by atoms with Crippen molar-refractivity contribution in [1.29, 1.82) is 0 Å². The minimum atomic E-state index is -1.42. The van der Waals surface area contributed by atoms with Gasteiger partial charge in [0.15, 0.2) is 11.6 Å². The third kappa shape index (κ3) is 2.09. The van der Waals surface area contributed by atoms with Gasteiger partial charge in [0.05, 0.1) is 0 Å². The van der Waals surface area contributed by atoms with Gasteiger partial charge >= 0.3 is 0 Å². The largest absolute Gasteiger partial charge is 0.388 e. The standard InChI is InChI=1S/C22H30O4/c1-13-10-15-16(20(2)7-4-14(24)11-18(13)20)5-8-21(3)17(15)6-9-22(21,26)19(25)12-23/h5,11,13,15,17,23,26H,4,6-10,12H2,1-3H3/t13-,15+,17-,20+,21-,22-/m0/s1. The van der Waals surface area contributed by atoms with E-state index in [0.717, 1.165) is 19.3 Å². The van der Waals surface area contributed by atoms with Crippen molar-refractivity contribution < 1.29 is 19.8 Å². The second kappa shape index (κ2) is 5.62. The molecular weight excluding hydrogens is 328 g/mol. The van der Waals surface area contributed by atoms with Crippen LogP contribution in [0, 0.1) is 28.6 Å². The van der Waals surface area contributed by atoms with Gasteiger partial charge in [-0.1, -0.05) is 38.0 Å². The minimum absolute atomic E-state index is 0.0563. The summed E-state index contributed by atoms with van der Waals surface area (Å²) in [6.45, 7) is 5.94. The number of aliphatic hydroxyl groups excluding tert-OH is 1. The smallest absolute Gasteiger partial charge is 0.190 e. The van der Waals surface area contributed by atoms with Gasteiger partial charge in [0, 0.05) is 17.3 Å². The molecule has 4 rings (SSSR count). The highest BCUT2D eigenvalue weighted by molar-refractivity contribution is 5.92. The van der Waals surface area contributed by atoms with Gasteiger partial charge < -0.3 is 10.2 Å². The van der Waals surface area contributed by atoms with Crippen LogP contribution in [0.15, 0.2) is 23.3 Å². The molecule has 4 aliphatic carbocycles. The fraction of sp³-hybridized carbons (Fsp3) is 0.727. The van der Waals surface area contributed by atoms with Crippen LogP contribution in [0.5, 0.6) is 0 Å². The van der Waals surface area contributed by atoms with Crippen LogP contribution >= 0.6 is 0 Å². The molecule has 0 radical (unpaired) electrons. The van der Waals surface area contributed by atoms with Gasteiger partial charge in [0.1, 0.15) is 12.2 Å². The summed E-state index contributed by atoms with van der Waals surface area (Å²) in [4.78, 5) is 24.4. The lowest BCUT2D eigenvalue weighted by Crippen LogP contribution is -2.56. The van der Waals surface area contributed by atoms with Crippen LogP contribution in [0.2, 0.25) is 0 Å². The van der Waals surface area contributed by atoms with Gasteiger partial charge in [-0.3, -0.25) is 9.59 Å². The lowest BCUT2D eigenvalue weighted by molar-refractivity contribution is -0.155. The molecule has 0 aromatic rings. The quantitative estimate of drug-likeness (QED) is 0.744. The number of ketones is 2. The van der Waals surface area contributed by atoms with Crippen molar-refractivity contribution in [2.24, 2.45) is 28.6 Å². The second-order valence-electron chi connectivity index (χ2n) is 9.51. The molecular formula is C22H30O4. The van der Waals surface area contributed by atoms with Gasteiger partial charge in [-0.15, -0.1) is 0 Å². The number of carbonyl (C=O) groups excluding carboxylic acids is 2. The van der Waals surface area contributed by atoms with Crippen LogP contribution in [0.25, 0.3) is 0 Å². The summed E-state index contributed by atoms with van der Waals surface area (Å²) in [5.41, 5.74) is 0.719. The Kier molecular flexibility index (Phi) is 3.92. The predicted molar refractivity (Wildman–Crippen MR) is 98.3 cm³/mol. The summed E-state index contributed by atoms with van der Waals surface area (Å²) in [6.07, 6.45) is 8.52. The Morgan fingerprint density at radius 2 is 2.00 bits per heavy atom. The first-order chi connectivity index (χ1) is 12.2. The molecule has 2 fully saturated rings. The Morgan fingerprint density at radius 3 is 2.69 bits per heavy atom. The van der Waals surface area contributed by atoms with Crippen LogP contribution in [-0.2, 0) is 9.59 Å². The summed E-state index contributed by atoms with van der Waals surface area (Å²) in [5, 5.41) is 20.6. The van der Waals surface area contributed by atoms with Gasteiger partial charge in [-0.2, -0.15) is 0 Å². The highest BCUT2D eigenvalue weighted by Crippen LogP contribution is 2.66. The van der Waals surface area contributed by atoms with E-state index in [2.05, 4.69) is 19.9 Å². The maximum Gasteiger partial charge on any atom is 0.190 e. The molecule has 4 aliphatic rings. The Balaban J connectivity index is 1.79. The molecule has 0 spiro atoms. The van der Waals surface area contributed by atoms with E-state index in [4.69, 9.17) is 0 Å². The second-order valence-corrected chi connectivity index (χ2v) is 9.51. The number of aliphatic hydroxyl groups is 2. The average molecular weight is 358 g/mol. The summed E-state index contributed by atoms with van der Waals surface area (Å²) < 4.78 is 0. The highest BCUT2D eigenvalue weighted by atomic mass is 16.3. The van der Waals surface area contributed by atoms with Gasteiger partial charge in [0.2, 0.25) is 0 Å². The summed E-state index contributed by atoms with van der Waals surface area (Å²) in [5.74, 6) is 0.753. The van der Waals surface area contributed by atoms with Gasteiger partial charge in [-0.25, -0.2) is 0 Å². The zero-order valence-corrected chi connectivity index (χ0v) is 16.0. The maximum absolute atomic E-state index is 12.4. The van der Waals surface area contributed by atoms with Crippen molar-refractivity contribution in [3.05, 3.63) is 23.3 Å². The molecule has 26 heavy (non-hydrogen) atoms. The first kappa shape index (κ1) is 18.1. The predicted octanol–water partition coefficient (Wildman–Crippen LogP) is 2.98. The molecule has 4 nitrogen and oxygen atoms in total. The fourth-order valence-electron chi connectivity index (χ4n) is 6.87. The van der Waals surface area contributed by atoms with Crippen molar-refractivity contribution in [2.45, 2.75) is 64.9 Å². The molecule has 0 aromatic carbocycles. The number of rotatable bonds is 2. The number of fused-ring (bicyclic) bond motifs is 5. The summed E-state index contributed by atoms with van der Waals surface area (Å²) in [7, 11) is 0. The Hall–Kier alpha value is -1.26. The van der Waals surface area contributed by atoms with Crippen LogP contribution in [0.3, 0.4) is 0 Å². The molecule has 0 amide bonds. The van der Waals surface area contributed by atoms with Crippen molar-refractivity contribution in [3.8, 4) is 0 Å². The van der Waals surface area contributed by atoms with E-state index in [1.807, 2.05) is 13.0 Å². The van der Waals surface area contributed by atoms with E-state index in [1.165, 1.54) is 11.1 Å². The molecule has 0 saturated heterocycles. The van der Waals surface area contributed by atoms with E-state index < -0.39 is 23.4 Å². The zero-order chi connectivity index (χ0) is 18.9. The Labute approximate surface area is 155 Å². The zero-order valence-electron chi connectivity index (χ0n) is 16.0. The monoisotopic (exact) mass is 358 g/mol. The molecule has 0 aromatic heterocycles. The lowest BCUT2D eigenvalue weighted by atomic mass is 9.49. The fourth-order valence-corrected chi connectivity index (χ4v) is 6.87. The van der Waals surface area contributed by atoms with Gasteiger partial charge in [-0.05, 0) is 55.9 Å². The molecule has 2 N–H and O–H groups in total. The van der Waals surface area contributed by atoms with Crippen molar-refractivity contribution >= 4 is 11.6 Å². The van der Waals surface area contributed by atoms with Crippen LogP contribution < -0.4 is 0 Å². The Bertz CT molecular complexity index is 734. The van der Waals surface area contributed by atoms with Crippen LogP contribution in [0.4, 0.5) is 0 Å². The molecule has 4 heteroatoms. The number of hydrogen-bond acceptors (Lipinski definition) is 4. The van der Waals surface area contributed by atoms with Crippen molar-refractivity contribution in [2.75, 3.05) is 6.61 Å². The number of Topliss-reactive ketones (excluding diaryl/α,β-unsaturated/α-hetero) is 1. The van der Waals surface area contributed by atoms with E-state index in [0.29, 0.717) is 31.1 Å². The lowest BCUT2D eigenvalue weighted by Gasteiger charge is -2.56. The van der Waals surface area contributed by atoms with Crippen LogP contribution in [0.1, 0.15) is 59.3 Å². The average Bonchev–Trinajstić information content (AvgIpc) is 2.88. The SMILES string of the molecule is C[C@H]1C[C@@H]2C(=CC[C@@]3(C)[C@H]2CC[C@]3(O)C(=O)CO)[C@@]2(C)CCC(=O)C=C12. The third-order valence-electron chi connectivity index (χ3n) is 8.42. The molecule has 142 valence electrons. The van der Waals surface area contributed by atoms with E-state index in [-0.39, 0.29) is 17.1 Å². The van der Waals surface area contributed by atoms with Crippen molar-refractivity contribution in [3.63, 3.8) is 0 Å². The van der Waals surface area contributed by atoms with E-state index >= 15 is 0 Å². The molecule has 0 bridgehead atoms. The normalized spacial score (nSPS) is 47.4. The molecule has 2 saturated carbocycles. The Morgan fingerprint density at radius 1 is 1.27 bits per heavy atom. The highest BCUT2D eigenvalue weighted by Gasteiger charge is 2.64. The summed E-state index contributed by atoms with van der Waals surface area (Å²) in [6, 6.07) is 0. The number of carbonyl (C=O) groups is 2. The topological polar surface area (TPSA) is 74.6 Å². The van der Waals surface area contributed by atoms with Crippen LogP contribution in [-0.4, -0.2) is 34.0 Å². The summed E-state index contributed by atoms with van der Waals surface area (Å²) >= 11 is 0. The first-order valence-corrected chi connectivity index (χ1v) is 9.99. The molecule has 0 unspecified atom stereocenters. The first-order valence-electron chi connectivity index (χ1n) is 9.99. The molecule has 6 atom stereocenters. The minimum Gasteiger partial charge on any atom is -0.388 e. The van der Waals surface area contributed by atoms with Crippen molar-refractivity contribution in [1.82, 2.24) is 0 Å². The number of allylic oxidation sites excluding steroid dienone is 4. The molecule has 0 aliphatic heterocycles.